The van der Waals surface area contributed by atoms with Crippen molar-refractivity contribution in [1.82, 2.24) is 29.0 Å². The van der Waals surface area contributed by atoms with Crippen molar-refractivity contribution in [3.8, 4) is 0 Å². The van der Waals surface area contributed by atoms with Gasteiger partial charge in [-0.05, 0) is 72.4 Å². The van der Waals surface area contributed by atoms with Crippen molar-refractivity contribution in [3.05, 3.63) is 59.2 Å². The maximum Gasteiger partial charge on any atom is 0.410 e. The van der Waals surface area contributed by atoms with Gasteiger partial charge in [-0.1, -0.05) is 13.8 Å². The molecular weight excluding hydrogens is 780 g/mol. The molecule has 0 saturated carbocycles. The molecule has 2 fully saturated rings. The Hall–Kier alpha value is -6.60. The van der Waals surface area contributed by atoms with Gasteiger partial charge in [-0.2, -0.15) is 10.2 Å². The Bertz CT molecular complexity index is 2310. The van der Waals surface area contributed by atoms with E-state index in [1.54, 1.807) is 43.6 Å². The number of carboxylic acid groups (broad SMARTS) is 1. The number of likely N-dealkylation sites (tertiary alicyclic amines) is 2. The first-order valence-corrected chi connectivity index (χ1v) is 19.5. The minimum absolute atomic E-state index is 0.0389. The molecule has 0 radical (unpaired) electrons. The van der Waals surface area contributed by atoms with Gasteiger partial charge in [0.25, 0.3) is 11.8 Å². The Balaban J connectivity index is 0.000000228. The van der Waals surface area contributed by atoms with E-state index < -0.39 is 41.0 Å². The standard InChI is InChI=1S/C21H29N5O5.C19H25N5O5/c1-6-30-19(28)13-7-16-17(14(18(22)27)8-23-26(16)10-13)24-15-11-25(9-12(15)2)20(29)31-21(3,4)5;1-10-7-23(18(28)29-19(2,3)4)9-13(10)22-15-12(16(20)25)6-21-24-8-11(17(26)27)5-14(15)24/h7-8,10,12,15,24H,6,9,11H2,1-5H3,(H2,22,27);5-6,8,10,13,22H,7,9H2,1-4H3,(H2,20,25)(H,26,27)/t12-,15+;10-,13+/m00/s1. The molecule has 0 bridgehead atoms. The Morgan fingerprint density at radius 3 is 1.48 bits per heavy atom. The number of carbonyl (C=O) groups excluding carboxylic acids is 5. The van der Waals surface area contributed by atoms with Crippen molar-refractivity contribution in [2.24, 2.45) is 23.3 Å². The van der Waals surface area contributed by atoms with E-state index in [1.165, 1.54) is 39.9 Å². The first-order valence-electron chi connectivity index (χ1n) is 19.5. The largest absolute Gasteiger partial charge is 0.478 e. The summed E-state index contributed by atoms with van der Waals surface area (Å²) in [6.07, 6.45) is 4.77. The van der Waals surface area contributed by atoms with Crippen LogP contribution in [0.5, 0.6) is 0 Å². The van der Waals surface area contributed by atoms with Gasteiger partial charge < -0.3 is 51.2 Å². The highest BCUT2D eigenvalue weighted by molar-refractivity contribution is 6.04. The molecule has 0 aliphatic carbocycles. The number of carboxylic acids is 1. The summed E-state index contributed by atoms with van der Waals surface area (Å²) >= 11 is 0. The van der Waals surface area contributed by atoms with Crippen LogP contribution in [0.1, 0.15) is 104 Å². The first-order chi connectivity index (χ1) is 28.0. The Labute approximate surface area is 346 Å². The summed E-state index contributed by atoms with van der Waals surface area (Å²) in [5.41, 5.74) is 12.4. The van der Waals surface area contributed by atoms with Gasteiger partial charge in [-0.3, -0.25) is 9.59 Å². The molecular formula is C40H54N10O10. The van der Waals surface area contributed by atoms with Crippen LogP contribution in [0.3, 0.4) is 0 Å². The van der Waals surface area contributed by atoms with Gasteiger partial charge in [0.15, 0.2) is 0 Å². The Morgan fingerprint density at radius 2 is 1.12 bits per heavy atom. The number of fused-ring (bicyclic) bond motifs is 2. The monoisotopic (exact) mass is 834 g/mol. The smallest absolute Gasteiger partial charge is 0.410 e. The maximum atomic E-state index is 12.5. The highest BCUT2D eigenvalue weighted by Crippen LogP contribution is 2.31. The lowest BCUT2D eigenvalue weighted by atomic mass is 10.1. The van der Waals surface area contributed by atoms with Gasteiger partial charge in [0.05, 0.1) is 63.7 Å². The van der Waals surface area contributed by atoms with E-state index in [9.17, 15) is 33.9 Å². The number of aromatic carboxylic acids is 1. The van der Waals surface area contributed by atoms with Crippen LogP contribution in [-0.4, -0.2) is 126 Å². The van der Waals surface area contributed by atoms with E-state index in [4.69, 9.17) is 25.7 Å². The molecule has 0 unspecified atom stereocenters. The topological polar surface area (TPSA) is 268 Å². The zero-order valence-electron chi connectivity index (χ0n) is 35.3. The molecule has 2 saturated heterocycles. The summed E-state index contributed by atoms with van der Waals surface area (Å²) < 4.78 is 18.8. The predicted molar refractivity (Wildman–Crippen MR) is 219 cm³/mol. The SMILES string of the molecule is CCOC(=O)c1cc2c(N[C@@H]3CN(C(=O)OC(C)(C)C)C[C@@H]3C)c(C(N)=O)cnn2c1.C[C@H]1CN(C(=O)OC(C)(C)C)C[C@H]1Nc1c(C(N)=O)cnn2cc(C(=O)O)cc12. The second-order valence-electron chi connectivity index (χ2n) is 17.0. The van der Waals surface area contributed by atoms with Crippen LogP contribution in [-0.2, 0) is 14.2 Å². The zero-order valence-corrected chi connectivity index (χ0v) is 35.3. The molecule has 4 aromatic heterocycles. The highest BCUT2D eigenvalue weighted by Gasteiger charge is 2.37. The van der Waals surface area contributed by atoms with Crippen molar-refractivity contribution in [1.29, 1.82) is 0 Å². The van der Waals surface area contributed by atoms with Crippen LogP contribution in [0.2, 0.25) is 0 Å². The summed E-state index contributed by atoms with van der Waals surface area (Å²) in [6, 6.07) is 2.69. The average molecular weight is 835 g/mol. The maximum absolute atomic E-state index is 12.5. The number of hydrogen-bond donors (Lipinski definition) is 5. The molecule has 6 heterocycles. The molecule has 4 amide bonds. The molecule has 6 rings (SSSR count). The number of nitrogens with zero attached hydrogens (tertiary/aromatic N) is 6. The molecule has 4 aromatic rings. The van der Waals surface area contributed by atoms with E-state index in [2.05, 4.69) is 20.8 Å². The van der Waals surface area contributed by atoms with Crippen molar-refractivity contribution >= 4 is 58.3 Å². The quantitative estimate of drug-likeness (QED) is 0.118. The number of rotatable bonds is 9. The second-order valence-corrected chi connectivity index (χ2v) is 17.0. The summed E-state index contributed by atoms with van der Waals surface area (Å²) in [6.45, 7) is 18.6. The molecule has 2 aliphatic rings. The van der Waals surface area contributed by atoms with Crippen molar-refractivity contribution in [2.75, 3.05) is 43.4 Å². The number of nitrogens with two attached hydrogens (primary N) is 2. The molecule has 7 N–H and O–H groups in total. The van der Waals surface area contributed by atoms with Crippen molar-refractivity contribution in [2.45, 2.75) is 85.6 Å². The molecule has 324 valence electrons. The number of hydrogen-bond acceptors (Lipinski definition) is 13. The summed E-state index contributed by atoms with van der Waals surface area (Å²) in [5, 5.41) is 24.1. The fourth-order valence-corrected chi connectivity index (χ4v) is 6.86. The third kappa shape index (κ3) is 10.3. The van der Waals surface area contributed by atoms with Gasteiger partial charge in [0, 0.05) is 50.7 Å². The zero-order chi connectivity index (χ0) is 44.4. The summed E-state index contributed by atoms with van der Waals surface area (Å²) in [4.78, 5) is 75.5. The highest BCUT2D eigenvalue weighted by atomic mass is 16.6. The number of primary amides is 2. The minimum atomic E-state index is -1.10. The van der Waals surface area contributed by atoms with Gasteiger partial charge in [0.2, 0.25) is 0 Å². The van der Waals surface area contributed by atoms with E-state index in [1.807, 2.05) is 34.6 Å². The lowest BCUT2D eigenvalue weighted by Crippen LogP contribution is -2.36. The lowest BCUT2D eigenvalue weighted by Gasteiger charge is -2.24. The van der Waals surface area contributed by atoms with Gasteiger partial charge in [-0.25, -0.2) is 28.2 Å². The Kier molecular flexibility index (Phi) is 12.8. The normalized spacial score (nSPS) is 19.1. The van der Waals surface area contributed by atoms with E-state index >= 15 is 0 Å². The first kappa shape index (κ1) is 44.5. The molecule has 20 nitrogen and oxygen atoms in total. The molecule has 0 aromatic carbocycles. The number of nitrogens with one attached hydrogen (secondary N) is 2. The van der Waals surface area contributed by atoms with Crippen molar-refractivity contribution < 1.29 is 48.1 Å². The number of aromatic nitrogens is 4. The predicted octanol–water partition coefficient (Wildman–Crippen LogP) is 4.08. The van der Waals surface area contributed by atoms with E-state index in [0.29, 0.717) is 54.2 Å². The third-order valence-corrected chi connectivity index (χ3v) is 9.75. The van der Waals surface area contributed by atoms with Gasteiger partial charge in [0.1, 0.15) is 11.2 Å². The van der Waals surface area contributed by atoms with Gasteiger partial charge >= 0.3 is 24.1 Å². The van der Waals surface area contributed by atoms with Crippen LogP contribution in [0.15, 0.2) is 36.9 Å². The van der Waals surface area contributed by atoms with Crippen LogP contribution >= 0.6 is 0 Å². The minimum Gasteiger partial charge on any atom is -0.478 e. The fourth-order valence-electron chi connectivity index (χ4n) is 6.86. The summed E-state index contributed by atoms with van der Waals surface area (Å²) in [7, 11) is 0. The number of amides is 4. The van der Waals surface area contributed by atoms with Crippen LogP contribution in [0.4, 0.5) is 21.0 Å². The summed E-state index contributed by atoms with van der Waals surface area (Å²) in [5.74, 6) is -2.77. The number of anilines is 2. The van der Waals surface area contributed by atoms with E-state index in [-0.39, 0.29) is 53.3 Å². The second kappa shape index (κ2) is 17.3. The van der Waals surface area contributed by atoms with Crippen LogP contribution in [0, 0.1) is 11.8 Å². The lowest BCUT2D eigenvalue weighted by molar-refractivity contribution is 0.0278. The average Bonchev–Trinajstić information content (AvgIpc) is 3.93. The van der Waals surface area contributed by atoms with Crippen LogP contribution in [0.25, 0.3) is 11.0 Å². The van der Waals surface area contributed by atoms with E-state index in [0.717, 1.165) is 0 Å². The molecule has 60 heavy (non-hydrogen) atoms. The number of ether oxygens (including phenoxy) is 3. The number of carbonyl (C=O) groups is 6. The molecule has 2 aliphatic heterocycles. The van der Waals surface area contributed by atoms with Crippen molar-refractivity contribution in [3.63, 3.8) is 0 Å². The third-order valence-electron chi connectivity index (χ3n) is 9.75. The number of esters is 1. The Morgan fingerprint density at radius 1 is 0.717 bits per heavy atom. The molecule has 0 spiro atoms. The van der Waals surface area contributed by atoms with Gasteiger partial charge in [-0.15, -0.1) is 0 Å². The fraction of sp³-hybridized carbons (Fsp3) is 0.500. The van der Waals surface area contributed by atoms with Crippen LogP contribution < -0.4 is 22.1 Å². The molecule has 20 heteroatoms. The molecule has 4 atom stereocenters.